The molecule has 0 saturated heterocycles. The van der Waals surface area contributed by atoms with Gasteiger partial charge in [0.05, 0.1) is 6.33 Å². The third-order valence-corrected chi connectivity index (χ3v) is 2.18. The number of rotatable bonds is 5. The van der Waals surface area contributed by atoms with E-state index in [-0.39, 0.29) is 19.1 Å². The highest BCUT2D eigenvalue weighted by atomic mass is 19.1. The summed E-state index contributed by atoms with van der Waals surface area (Å²) in [5.74, 6) is 0.397. The predicted octanol–water partition coefficient (Wildman–Crippen LogP) is 1.24. The molecule has 0 aliphatic heterocycles. The monoisotopic (exact) mass is 238 g/mol. The zero-order valence-electron chi connectivity index (χ0n) is 9.57. The van der Waals surface area contributed by atoms with Crippen LogP contribution >= 0.6 is 0 Å². The lowest BCUT2D eigenvalue weighted by Gasteiger charge is -2.07. The number of ether oxygens (including phenoxy) is 1. The van der Waals surface area contributed by atoms with Gasteiger partial charge in [0.15, 0.2) is 0 Å². The Hall–Kier alpha value is -1.88. The summed E-state index contributed by atoms with van der Waals surface area (Å²) in [6, 6.07) is 6.57. The van der Waals surface area contributed by atoms with Gasteiger partial charge in [0.1, 0.15) is 12.4 Å². The molecule has 1 rings (SSSR count). The van der Waals surface area contributed by atoms with Crippen LogP contribution in [0.5, 0.6) is 5.75 Å². The van der Waals surface area contributed by atoms with E-state index in [2.05, 4.69) is 5.32 Å². The van der Waals surface area contributed by atoms with Crippen LogP contribution < -0.4 is 15.8 Å². The van der Waals surface area contributed by atoms with E-state index in [1.165, 1.54) is 0 Å². The van der Waals surface area contributed by atoms with Crippen molar-refractivity contribution in [3.63, 3.8) is 0 Å². The SMILES string of the molecule is CNC(=O)c1ccc(OC/C(=C\F)CN)cc1. The summed E-state index contributed by atoms with van der Waals surface area (Å²) in [7, 11) is 1.56. The number of hydrogen-bond acceptors (Lipinski definition) is 3. The molecule has 1 aromatic rings. The van der Waals surface area contributed by atoms with E-state index in [0.717, 1.165) is 0 Å². The Morgan fingerprint density at radius 3 is 2.59 bits per heavy atom. The Balaban J connectivity index is 2.60. The van der Waals surface area contributed by atoms with Crippen molar-refractivity contribution in [3.8, 4) is 5.75 Å². The molecule has 0 unspecified atom stereocenters. The zero-order valence-corrected chi connectivity index (χ0v) is 9.57. The van der Waals surface area contributed by atoms with Crippen molar-refractivity contribution < 1.29 is 13.9 Å². The number of halogens is 1. The van der Waals surface area contributed by atoms with Crippen molar-refractivity contribution in [1.29, 1.82) is 0 Å². The first-order valence-electron chi connectivity index (χ1n) is 5.14. The average Bonchev–Trinajstić information content (AvgIpc) is 2.39. The molecule has 0 fully saturated rings. The number of carbonyl (C=O) groups is 1. The van der Waals surface area contributed by atoms with Crippen LogP contribution in [0.1, 0.15) is 10.4 Å². The Morgan fingerprint density at radius 2 is 2.12 bits per heavy atom. The van der Waals surface area contributed by atoms with Crippen LogP contribution in [0.15, 0.2) is 36.2 Å². The van der Waals surface area contributed by atoms with Crippen molar-refractivity contribution in [3.05, 3.63) is 41.7 Å². The first-order valence-corrected chi connectivity index (χ1v) is 5.14. The van der Waals surface area contributed by atoms with Gasteiger partial charge < -0.3 is 15.8 Å². The first kappa shape index (κ1) is 13.2. The van der Waals surface area contributed by atoms with E-state index in [0.29, 0.717) is 23.2 Å². The van der Waals surface area contributed by atoms with Gasteiger partial charge in [0.25, 0.3) is 5.91 Å². The van der Waals surface area contributed by atoms with E-state index >= 15 is 0 Å². The zero-order chi connectivity index (χ0) is 12.7. The molecule has 0 spiro atoms. The molecule has 0 saturated carbocycles. The van der Waals surface area contributed by atoms with Crippen molar-refractivity contribution >= 4 is 5.91 Å². The highest BCUT2D eigenvalue weighted by Crippen LogP contribution is 2.13. The number of nitrogens with one attached hydrogen (secondary N) is 1. The minimum Gasteiger partial charge on any atom is -0.489 e. The molecule has 0 bridgehead atoms. The van der Waals surface area contributed by atoms with Crippen molar-refractivity contribution in [1.82, 2.24) is 5.32 Å². The summed E-state index contributed by atoms with van der Waals surface area (Å²) in [5.41, 5.74) is 6.21. The maximum absolute atomic E-state index is 12.2. The van der Waals surface area contributed by atoms with Crippen LogP contribution in [0.3, 0.4) is 0 Å². The van der Waals surface area contributed by atoms with Crippen LogP contribution in [0.2, 0.25) is 0 Å². The summed E-state index contributed by atoms with van der Waals surface area (Å²) >= 11 is 0. The van der Waals surface area contributed by atoms with E-state index in [9.17, 15) is 9.18 Å². The largest absolute Gasteiger partial charge is 0.489 e. The van der Waals surface area contributed by atoms with Crippen LogP contribution in [0.25, 0.3) is 0 Å². The Bertz CT molecular complexity index is 401. The highest BCUT2D eigenvalue weighted by Gasteiger charge is 2.03. The molecule has 0 radical (unpaired) electrons. The summed E-state index contributed by atoms with van der Waals surface area (Å²) in [6.45, 7) is 0.221. The molecule has 4 nitrogen and oxygen atoms in total. The molecule has 0 aliphatic rings. The second-order valence-electron chi connectivity index (χ2n) is 3.36. The molecule has 0 aromatic heterocycles. The third-order valence-electron chi connectivity index (χ3n) is 2.18. The van der Waals surface area contributed by atoms with E-state index in [4.69, 9.17) is 10.5 Å². The van der Waals surface area contributed by atoms with Gasteiger partial charge in [-0.15, -0.1) is 0 Å². The molecule has 3 N–H and O–H groups in total. The standard InChI is InChI=1S/C12H15FN2O2/c1-15-12(16)10-2-4-11(5-3-10)17-8-9(6-13)7-14/h2-6H,7-8,14H2,1H3,(H,15,16)/b9-6-. The molecule has 0 aliphatic carbocycles. The minimum atomic E-state index is -0.164. The number of nitrogens with two attached hydrogens (primary N) is 1. The lowest BCUT2D eigenvalue weighted by atomic mass is 10.2. The predicted molar refractivity (Wildman–Crippen MR) is 63.6 cm³/mol. The fourth-order valence-electron chi connectivity index (χ4n) is 1.16. The van der Waals surface area contributed by atoms with Gasteiger partial charge in [-0.05, 0) is 24.3 Å². The van der Waals surface area contributed by atoms with Gasteiger partial charge in [-0.3, -0.25) is 4.79 Å². The van der Waals surface area contributed by atoms with Gasteiger partial charge in [-0.25, -0.2) is 4.39 Å². The second kappa shape index (κ2) is 6.65. The molecule has 1 aromatic carbocycles. The summed E-state index contributed by atoms with van der Waals surface area (Å²) in [4.78, 5) is 11.3. The topological polar surface area (TPSA) is 64.3 Å². The van der Waals surface area contributed by atoms with Gasteiger partial charge in [-0.1, -0.05) is 0 Å². The molecule has 5 heteroatoms. The molecule has 1 amide bonds. The van der Waals surface area contributed by atoms with Crippen LogP contribution in [0.4, 0.5) is 4.39 Å². The Labute approximate surface area is 99.3 Å². The van der Waals surface area contributed by atoms with Crippen LogP contribution in [-0.2, 0) is 0 Å². The summed E-state index contributed by atoms with van der Waals surface area (Å²) in [5, 5.41) is 2.51. The molecule has 0 atom stereocenters. The second-order valence-corrected chi connectivity index (χ2v) is 3.36. The van der Waals surface area contributed by atoms with Gasteiger partial charge in [0.2, 0.25) is 0 Å². The first-order chi connectivity index (χ1) is 8.21. The molecule has 92 valence electrons. The Kier molecular flexibility index (Phi) is 5.16. The molecule has 0 heterocycles. The molecular weight excluding hydrogens is 223 g/mol. The number of benzene rings is 1. The average molecular weight is 238 g/mol. The fraction of sp³-hybridized carbons (Fsp3) is 0.250. The van der Waals surface area contributed by atoms with Crippen molar-refractivity contribution in [2.75, 3.05) is 20.2 Å². The third kappa shape index (κ3) is 3.88. The normalized spacial score (nSPS) is 11.1. The van der Waals surface area contributed by atoms with E-state index in [1.54, 1.807) is 31.3 Å². The summed E-state index contributed by atoms with van der Waals surface area (Å²) in [6.07, 6.45) is 0.443. The van der Waals surface area contributed by atoms with Crippen molar-refractivity contribution in [2.45, 2.75) is 0 Å². The minimum absolute atomic E-state index is 0.103. The fourth-order valence-corrected chi connectivity index (χ4v) is 1.16. The Morgan fingerprint density at radius 1 is 1.47 bits per heavy atom. The maximum Gasteiger partial charge on any atom is 0.251 e. The maximum atomic E-state index is 12.2. The van der Waals surface area contributed by atoms with Crippen molar-refractivity contribution in [2.24, 2.45) is 5.73 Å². The van der Waals surface area contributed by atoms with E-state index in [1.807, 2.05) is 0 Å². The highest BCUT2D eigenvalue weighted by molar-refractivity contribution is 5.94. The smallest absolute Gasteiger partial charge is 0.251 e. The number of carbonyl (C=O) groups excluding carboxylic acids is 1. The van der Waals surface area contributed by atoms with Gasteiger partial charge >= 0.3 is 0 Å². The number of hydrogen-bond donors (Lipinski definition) is 2. The molecular formula is C12H15FN2O2. The van der Waals surface area contributed by atoms with Crippen LogP contribution in [-0.4, -0.2) is 26.1 Å². The van der Waals surface area contributed by atoms with Crippen LogP contribution in [0, 0.1) is 0 Å². The summed E-state index contributed by atoms with van der Waals surface area (Å²) < 4.78 is 17.5. The quantitative estimate of drug-likeness (QED) is 0.811. The molecule has 17 heavy (non-hydrogen) atoms. The van der Waals surface area contributed by atoms with E-state index < -0.39 is 0 Å². The lowest BCUT2D eigenvalue weighted by molar-refractivity contribution is 0.0963. The lowest BCUT2D eigenvalue weighted by Crippen LogP contribution is -2.17. The number of amides is 1. The van der Waals surface area contributed by atoms with Gasteiger partial charge in [-0.2, -0.15) is 0 Å². The van der Waals surface area contributed by atoms with Gasteiger partial charge in [0, 0.05) is 24.7 Å².